The number of carbonyl (C=O) groups is 2. The maximum atomic E-state index is 12.3. The summed E-state index contributed by atoms with van der Waals surface area (Å²) in [5.74, 6) is -0.0984. The number of nitrogens with zero attached hydrogens (tertiary/aromatic N) is 3. The van der Waals surface area contributed by atoms with Gasteiger partial charge in [-0.2, -0.15) is 0 Å². The van der Waals surface area contributed by atoms with Crippen molar-refractivity contribution in [3.8, 4) is 0 Å². The average Bonchev–Trinajstić information content (AvgIpc) is 2.46. The summed E-state index contributed by atoms with van der Waals surface area (Å²) in [5, 5.41) is 0. The summed E-state index contributed by atoms with van der Waals surface area (Å²) in [5.41, 5.74) is 6.48. The number of rotatable bonds is 2. The number of carbonyl (C=O) groups excluding carboxylic acids is 2. The summed E-state index contributed by atoms with van der Waals surface area (Å²) >= 11 is 4.84. The third-order valence-electron chi connectivity index (χ3n) is 3.28. The molecule has 0 bridgehead atoms. The van der Waals surface area contributed by atoms with Crippen LogP contribution in [0.25, 0.3) is 0 Å². The van der Waals surface area contributed by atoms with Crippen LogP contribution < -0.4 is 5.73 Å². The lowest BCUT2D eigenvalue weighted by molar-refractivity contribution is -0.130. The number of hydrogen-bond donors (Lipinski definition) is 1. The predicted molar refractivity (Wildman–Crippen MR) is 78.3 cm³/mol. The van der Waals surface area contributed by atoms with Crippen LogP contribution in [-0.4, -0.2) is 57.8 Å². The first-order chi connectivity index (χ1) is 9.49. The molecule has 0 aliphatic carbocycles. The Bertz CT molecular complexity index is 536. The van der Waals surface area contributed by atoms with Gasteiger partial charge in [-0.1, -0.05) is 12.2 Å². The first kappa shape index (κ1) is 14.4. The Kier molecular flexibility index (Phi) is 4.29. The molecule has 0 unspecified atom stereocenters. The first-order valence-corrected chi connectivity index (χ1v) is 6.70. The molecule has 20 heavy (non-hydrogen) atoms. The van der Waals surface area contributed by atoms with E-state index < -0.39 is 0 Å². The summed E-state index contributed by atoms with van der Waals surface area (Å²) < 4.78 is 0. The average molecular weight is 292 g/mol. The van der Waals surface area contributed by atoms with Crippen molar-refractivity contribution in [2.75, 3.05) is 26.2 Å². The summed E-state index contributed by atoms with van der Waals surface area (Å²) in [6, 6.07) is 3.31. The number of aromatic nitrogens is 1. The summed E-state index contributed by atoms with van der Waals surface area (Å²) in [6.45, 7) is 3.71. The molecule has 1 aromatic rings. The van der Waals surface area contributed by atoms with Crippen LogP contribution in [0, 0.1) is 0 Å². The number of amides is 2. The van der Waals surface area contributed by atoms with E-state index in [0.29, 0.717) is 37.4 Å². The van der Waals surface area contributed by atoms with Crippen molar-refractivity contribution in [1.29, 1.82) is 0 Å². The van der Waals surface area contributed by atoms with E-state index in [-0.39, 0.29) is 16.8 Å². The molecule has 0 aromatic carbocycles. The maximum Gasteiger partial charge on any atom is 0.272 e. The number of hydrogen-bond acceptors (Lipinski definition) is 4. The fourth-order valence-electron chi connectivity index (χ4n) is 2.05. The standard InChI is InChI=1S/C13H16N4O2S/c1-9(18)16-4-6-17(7-5-16)13(19)11-3-2-10(8-15-11)12(14)20/h2-3,8H,4-7H2,1H3,(H2,14,20). The summed E-state index contributed by atoms with van der Waals surface area (Å²) in [7, 11) is 0. The van der Waals surface area contributed by atoms with E-state index in [9.17, 15) is 9.59 Å². The molecule has 2 heterocycles. The van der Waals surface area contributed by atoms with Gasteiger partial charge in [0.1, 0.15) is 10.7 Å². The molecule has 7 heteroatoms. The highest BCUT2D eigenvalue weighted by Gasteiger charge is 2.23. The minimum absolute atomic E-state index is 0.0380. The van der Waals surface area contributed by atoms with Gasteiger partial charge in [-0.15, -0.1) is 0 Å². The van der Waals surface area contributed by atoms with E-state index in [0.717, 1.165) is 0 Å². The molecule has 0 spiro atoms. The monoisotopic (exact) mass is 292 g/mol. The van der Waals surface area contributed by atoms with Crippen LogP contribution in [0.4, 0.5) is 0 Å². The van der Waals surface area contributed by atoms with Gasteiger partial charge >= 0.3 is 0 Å². The SMILES string of the molecule is CC(=O)N1CCN(C(=O)c2ccc(C(N)=S)cn2)CC1. The van der Waals surface area contributed by atoms with E-state index in [1.54, 1.807) is 21.9 Å². The molecule has 1 saturated heterocycles. The quantitative estimate of drug-likeness (QED) is 0.777. The van der Waals surface area contributed by atoms with Crippen molar-refractivity contribution in [3.63, 3.8) is 0 Å². The zero-order valence-electron chi connectivity index (χ0n) is 11.2. The highest BCUT2D eigenvalue weighted by molar-refractivity contribution is 7.80. The largest absolute Gasteiger partial charge is 0.389 e. The van der Waals surface area contributed by atoms with Crippen LogP contribution in [0.15, 0.2) is 18.3 Å². The number of nitrogens with two attached hydrogens (primary N) is 1. The normalized spacial score (nSPS) is 15.1. The van der Waals surface area contributed by atoms with Gasteiger partial charge < -0.3 is 15.5 Å². The van der Waals surface area contributed by atoms with Gasteiger partial charge in [0.05, 0.1) is 0 Å². The molecule has 1 aromatic heterocycles. The van der Waals surface area contributed by atoms with Crippen molar-refractivity contribution >= 4 is 29.0 Å². The molecule has 6 nitrogen and oxygen atoms in total. The number of thiocarbonyl (C=S) groups is 1. The topological polar surface area (TPSA) is 79.5 Å². The van der Waals surface area contributed by atoms with E-state index in [1.807, 2.05) is 0 Å². The molecule has 0 atom stereocenters. The fourth-order valence-corrected chi connectivity index (χ4v) is 2.17. The van der Waals surface area contributed by atoms with Gasteiger partial charge in [-0.05, 0) is 12.1 Å². The molecule has 0 radical (unpaired) electrons. The molecule has 2 rings (SSSR count). The van der Waals surface area contributed by atoms with Gasteiger partial charge in [0.25, 0.3) is 5.91 Å². The second-order valence-electron chi connectivity index (χ2n) is 4.59. The van der Waals surface area contributed by atoms with Gasteiger partial charge in [0, 0.05) is 44.9 Å². The molecular weight excluding hydrogens is 276 g/mol. The highest BCUT2D eigenvalue weighted by atomic mass is 32.1. The zero-order chi connectivity index (χ0) is 14.7. The highest BCUT2D eigenvalue weighted by Crippen LogP contribution is 2.08. The lowest BCUT2D eigenvalue weighted by Gasteiger charge is -2.34. The second-order valence-corrected chi connectivity index (χ2v) is 5.03. The summed E-state index contributed by atoms with van der Waals surface area (Å²) in [4.78, 5) is 31.3. The van der Waals surface area contributed by atoms with Gasteiger partial charge in [-0.25, -0.2) is 0 Å². The Morgan fingerprint density at radius 2 is 1.80 bits per heavy atom. The Morgan fingerprint density at radius 1 is 1.20 bits per heavy atom. The zero-order valence-corrected chi connectivity index (χ0v) is 12.0. The summed E-state index contributed by atoms with van der Waals surface area (Å²) in [6.07, 6.45) is 1.50. The van der Waals surface area contributed by atoms with Crippen molar-refractivity contribution < 1.29 is 9.59 Å². The van der Waals surface area contributed by atoms with Crippen LogP contribution in [-0.2, 0) is 4.79 Å². The smallest absolute Gasteiger partial charge is 0.272 e. The van der Waals surface area contributed by atoms with Gasteiger partial charge in [0.2, 0.25) is 5.91 Å². The number of piperazine rings is 1. The van der Waals surface area contributed by atoms with Crippen LogP contribution in [0.3, 0.4) is 0 Å². The molecule has 106 valence electrons. The first-order valence-electron chi connectivity index (χ1n) is 6.29. The minimum Gasteiger partial charge on any atom is -0.389 e. The molecule has 1 aliphatic rings. The lowest BCUT2D eigenvalue weighted by atomic mass is 10.2. The van der Waals surface area contributed by atoms with E-state index in [2.05, 4.69) is 4.98 Å². The van der Waals surface area contributed by atoms with Crippen LogP contribution in [0.2, 0.25) is 0 Å². The lowest BCUT2D eigenvalue weighted by Crippen LogP contribution is -2.50. The molecule has 2 N–H and O–H groups in total. The van der Waals surface area contributed by atoms with Crippen LogP contribution >= 0.6 is 12.2 Å². The minimum atomic E-state index is -0.136. The van der Waals surface area contributed by atoms with E-state index in [1.165, 1.54) is 13.1 Å². The van der Waals surface area contributed by atoms with E-state index >= 15 is 0 Å². The molecule has 2 amide bonds. The Morgan fingerprint density at radius 3 is 2.25 bits per heavy atom. The van der Waals surface area contributed by atoms with Gasteiger partial charge in [0.15, 0.2) is 0 Å². The van der Waals surface area contributed by atoms with Crippen molar-refractivity contribution in [2.45, 2.75) is 6.92 Å². The van der Waals surface area contributed by atoms with Crippen LogP contribution in [0.1, 0.15) is 23.0 Å². The Labute approximate surface area is 122 Å². The maximum absolute atomic E-state index is 12.3. The van der Waals surface area contributed by atoms with Crippen molar-refractivity contribution in [3.05, 3.63) is 29.6 Å². The fraction of sp³-hybridized carbons (Fsp3) is 0.385. The Hall–Kier alpha value is -2.02. The Balaban J connectivity index is 2.01. The third-order valence-corrected chi connectivity index (χ3v) is 3.52. The van der Waals surface area contributed by atoms with Crippen LogP contribution in [0.5, 0.6) is 0 Å². The molecule has 0 saturated carbocycles. The van der Waals surface area contributed by atoms with Crippen molar-refractivity contribution in [1.82, 2.24) is 14.8 Å². The van der Waals surface area contributed by atoms with Gasteiger partial charge in [-0.3, -0.25) is 14.6 Å². The van der Waals surface area contributed by atoms with E-state index in [4.69, 9.17) is 18.0 Å². The predicted octanol–water partition coefficient (Wildman–Crippen LogP) is 0.0201. The molecular formula is C13H16N4O2S. The second kappa shape index (κ2) is 5.96. The number of pyridine rings is 1. The van der Waals surface area contributed by atoms with Crippen molar-refractivity contribution in [2.24, 2.45) is 5.73 Å². The molecule has 1 fully saturated rings. The molecule has 1 aliphatic heterocycles. The third kappa shape index (κ3) is 3.11.